The second-order valence-electron chi connectivity index (χ2n) is 7.31. The molecule has 0 radical (unpaired) electrons. The topological polar surface area (TPSA) is 85.3 Å². The van der Waals surface area contributed by atoms with Gasteiger partial charge in [0.05, 0.1) is 11.8 Å². The third-order valence-electron chi connectivity index (χ3n) is 4.71. The lowest BCUT2D eigenvalue weighted by atomic mass is 9.72. The molecule has 128 valence electrons. The predicted octanol–water partition coefficient (Wildman–Crippen LogP) is 3.84. The van der Waals surface area contributed by atoms with E-state index >= 15 is 0 Å². The maximum absolute atomic E-state index is 12.2. The van der Waals surface area contributed by atoms with Gasteiger partial charge in [0, 0.05) is 4.88 Å². The summed E-state index contributed by atoms with van der Waals surface area (Å²) in [7, 11) is 0. The van der Waals surface area contributed by atoms with Crippen molar-refractivity contribution in [3.8, 4) is 0 Å². The summed E-state index contributed by atoms with van der Waals surface area (Å²) < 4.78 is 5.11. The van der Waals surface area contributed by atoms with E-state index in [2.05, 4.69) is 26.1 Å². The summed E-state index contributed by atoms with van der Waals surface area (Å²) in [6.45, 7) is 6.72. The Hall–Kier alpha value is -2.08. The van der Waals surface area contributed by atoms with Crippen LogP contribution < -0.4 is 11.1 Å². The van der Waals surface area contributed by atoms with E-state index in [0.29, 0.717) is 16.5 Å². The van der Waals surface area contributed by atoms with Gasteiger partial charge >= 0.3 is 0 Å². The Morgan fingerprint density at radius 2 is 2.12 bits per heavy atom. The highest BCUT2D eigenvalue weighted by Crippen LogP contribution is 2.44. The standard InChI is InChI=1S/C18H22N2O3S/c1-18(2,3)10-6-7-11-13(9-10)24-17(14(11)15(19)21)20-16(22)12-5-4-8-23-12/h4-5,8,10H,6-7,9H2,1-3H3,(H2,19,21)(H,20,22)/t10-/m0/s1. The monoisotopic (exact) mass is 346 g/mol. The van der Waals surface area contributed by atoms with E-state index in [4.69, 9.17) is 10.2 Å². The van der Waals surface area contributed by atoms with Crippen LogP contribution in [0, 0.1) is 11.3 Å². The summed E-state index contributed by atoms with van der Waals surface area (Å²) in [6, 6.07) is 3.24. The average Bonchev–Trinajstić information content (AvgIpc) is 3.12. The summed E-state index contributed by atoms with van der Waals surface area (Å²) in [4.78, 5) is 25.3. The van der Waals surface area contributed by atoms with Gasteiger partial charge < -0.3 is 15.5 Å². The molecule has 0 saturated carbocycles. The number of primary amides is 1. The number of hydrogen-bond acceptors (Lipinski definition) is 4. The van der Waals surface area contributed by atoms with Gasteiger partial charge in [-0.2, -0.15) is 0 Å². The van der Waals surface area contributed by atoms with E-state index in [1.54, 1.807) is 12.1 Å². The van der Waals surface area contributed by atoms with E-state index in [-0.39, 0.29) is 17.1 Å². The van der Waals surface area contributed by atoms with Crippen LogP contribution in [0.1, 0.15) is 58.5 Å². The van der Waals surface area contributed by atoms with Gasteiger partial charge in [-0.05, 0) is 48.3 Å². The van der Waals surface area contributed by atoms with Crippen molar-refractivity contribution in [2.24, 2.45) is 17.1 Å². The molecule has 6 heteroatoms. The van der Waals surface area contributed by atoms with Gasteiger partial charge in [-0.15, -0.1) is 11.3 Å². The SMILES string of the molecule is CC(C)(C)[C@H]1CCc2c(sc(NC(=O)c3ccco3)c2C(N)=O)C1. The van der Waals surface area contributed by atoms with Gasteiger partial charge in [0.15, 0.2) is 5.76 Å². The van der Waals surface area contributed by atoms with Crippen LogP contribution in [0.2, 0.25) is 0 Å². The molecule has 0 spiro atoms. The number of furan rings is 1. The lowest BCUT2D eigenvalue weighted by molar-refractivity contribution is 0.0997. The van der Waals surface area contributed by atoms with Crippen LogP contribution in [-0.4, -0.2) is 11.8 Å². The molecule has 24 heavy (non-hydrogen) atoms. The third kappa shape index (κ3) is 3.11. The zero-order valence-electron chi connectivity index (χ0n) is 14.1. The molecule has 1 atom stereocenters. The van der Waals surface area contributed by atoms with Crippen molar-refractivity contribution in [3.05, 3.63) is 40.2 Å². The van der Waals surface area contributed by atoms with Crippen LogP contribution in [0.4, 0.5) is 5.00 Å². The Morgan fingerprint density at radius 1 is 1.38 bits per heavy atom. The molecule has 0 aliphatic heterocycles. The number of carbonyl (C=O) groups is 2. The fourth-order valence-electron chi connectivity index (χ4n) is 3.25. The van der Waals surface area contributed by atoms with Gasteiger partial charge in [-0.25, -0.2) is 0 Å². The Kier molecular flexibility index (Phi) is 4.25. The van der Waals surface area contributed by atoms with Crippen molar-refractivity contribution in [2.45, 2.75) is 40.0 Å². The summed E-state index contributed by atoms with van der Waals surface area (Å²) in [5.41, 5.74) is 7.27. The lowest BCUT2D eigenvalue weighted by Crippen LogP contribution is -2.27. The van der Waals surface area contributed by atoms with E-state index in [9.17, 15) is 9.59 Å². The number of carbonyl (C=O) groups excluding carboxylic acids is 2. The van der Waals surface area contributed by atoms with Crippen LogP contribution in [0.3, 0.4) is 0 Å². The number of nitrogens with two attached hydrogens (primary N) is 1. The summed E-state index contributed by atoms with van der Waals surface area (Å²) in [6.07, 6.45) is 4.21. The number of fused-ring (bicyclic) bond motifs is 1. The van der Waals surface area contributed by atoms with Gasteiger partial charge in [0.25, 0.3) is 11.8 Å². The highest BCUT2D eigenvalue weighted by Gasteiger charge is 2.33. The molecule has 5 nitrogen and oxygen atoms in total. The smallest absolute Gasteiger partial charge is 0.291 e. The zero-order chi connectivity index (χ0) is 17.5. The maximum atomic E-state index is 12.2. The second kappa shape index (κ2) is 6.09. The quantitative estimate of drug-likeness (QED) is 0.885. The molecule has 1 aliphatic carbocycles. The van der Waals surface area contributed by atoms with Crippen LogP contribution in [0.5, 0.6) is 0 Å². The molecule has 0 aromatic carbocycles. The van der Waals surface area contributed by atoms with Crippen LogP contribution in [0.25, 0.3) is 0 Å². The van der Waals surface area contributed by atoms with Crippen molar-refractivity contribution in [1.29, 1.82) is 0 Å². The summed E-state index contributed by atoms with van der Waals surface area (Å²) in [5.74, 6) is -0.0905. The molecule has 1 aliphatic rings. The Morgan fingerprint density at radius 3 is 2.71 bits per heavy atom. The Balaban J connectivity index is 1.92. The molecule has 3 rings (SSSR count). The van der Waals surface area contributed by atoms with Crippen molar-refractivity contribution in [1.82, 2.24) is 0 Å². The van der Waals surface area contributed by atoms with Crippen molar-refractivity contribution in [2.75, 3.05) is 5.32 Å². The first kappa shape index (κ1) is 16.8. The van der Waals surface area contributed by atoms with Crippen molar-refractivity contribution in [3.63, 3.8) is 0 Å². The van der Waals surface area contributed by atoms with E-state index in [1.165, 1.54) is 17.6 Å². The minimum atomic E-state index is -0.489. The van der Waals surface area contributed by atoms with Crippen LogP contribution in [-0.2, 0) is 12.8 Å². The van der Waals surface area contributed by atoms with Gasteiger partial charge in [-0.3, -0.25) is 9.59 Å². The summed E-state index contributed by atoms with van der Waals surface area (Å²) in [5, 5.41) is 3.32. The highest BCUT2D eigenvalue weighted by atomic mass is 32.1. The number of anilines is 1. The highest BCUT2D eigenvalue weighted by molar-refractivity contribution is 7.17. The molecule has 2 amide bonds. The number of thiophene rings is 1. The average molecular weight is 346 g/mol. The van der Waals surface area contributed by atoms with Gasteiger partial charge in [0.2, 0.25) is 0 Å². The van der Waals surface area contributed by atoms with Gasteiger partial charge in [0.1, 0.15) is 5.00 Å². The Labute approximate surface area is 145 Å². The fourth-order valence-corrected chi connectivity index (χ4v) is 4.57. The number of rotatable bonds is 3. The molecule has 0 saturated heterocycles. The third-order valence-corrected chi connectivity index (χ3v) is 5.88. The zero-order valence-corrected chi connectivity index (χ0v) is 15.0. The first-order chi connectivity index (χ1) is 11.3. The van der Waals surface area contributed by atoms with Crippen molar-refractivity contribution >= 4 is 28.2 Å². The molecule has 3 N–H and O–H groups in total. The summed E-state index contributed by atoms with van der Waals surface area (Å²) >= 11 is 1.46. The second-order valence-corrected chi connectivity index (χ2v) is 8.41. The van der Waals surface area contributed by atoms with E-state index < -0.39 is 5.91 Å². The number of hydrogen-bond donors (Lipinski definition) is 2. The molecule has 2 heterocycles. The first-order valence-corrected chi connectivity index (χ1v) is 8.88. The fraction of sp³-hybridized carbons (Fsp3) is 0.444. The minimum absolute atomic E-state index is 0.212. The first-order valence-electron chi connectivity index (χ1n) is 8.06. The lowest BCUT2D eigenvalue weighted by Gasteiger charge is -2.33. The maximum Gasteiger partial charge on any atom is 0.291 e. The van der Waals surface area contributed by atoms with E-state index in [0.717, 1.165) is 29.7 Å². The molecular weight excluding hydrogens is 324 g/mol. The van der Waals surface area contributed by atoms with E-state index in [1.807, 2.05) is 0 Å². The van der Waals surface area contributed by atoms with Crippen LogP contribution >= 0.6 is 11.3 Å². The minimum Gasteiger partial charge on any atom is -0.459 e. The van der Waals surface area contributed by atoms with Crippen molar-refractivity contribution < 1.29 is 14.0 Å². The van der Waals surface area contributed by atoms with Crippen LogP contribution in [0.15, 0.2) is 22.8 Å². The molecule has 0 unspecified atom stereocenters. The molecule has 2 aromatic rings. The number of nitrogens with one attached hydrogen (secondary N) is 1. The largest absolute Gasteiger partial charge is 0.459 e. The molecule has 0 fully saturated rings. The Bertz CT molecular complexity index is 769. The molecule has 2 aromatic heterocycles. The van der Waals surface area contributed by atoms with Gasteiger partial charge in [-0.1, -0.05) is 20.8 Å². The molecule has 0 bridgehead atoms. The molecular formula is C18H22N2O3S. The normalized spacial score (nSPS) is 17.4. The number of amides is 2. The predicted molar refractivity (Wildman–Crippen MR) is 94.5 cm³/mol.